The molecule has 0 fully saturated rings. The molecule has 0 aliphatic heterocycles. The quantitative estimate of drug-likeness (QED) is 0.119. The molecule has 2 heteroatoms. The van der Waals surface area contributed by atoms with Gasteiger partial charge in [-0.25, -0.2) is 4.98 Å². The number of benzene rings is 8. The predicted octanol–water partition coefficient (Wildman–Crippen LogP) is 14.4. The minimum absolute atomic E-state index is 0.208. The van der Waals surface area contributed by atoms with Gasteiger partial charge in [0.2, 0.25) is 0 Å². The summed E-state index contributed by atoms with van der Waals surface area (Å²) < 4.78 is 2.26. The molecule has 10 rings (SSSR count). The van der Waals surface area contributed by atoms with Gasteiger partial charge in [-0.05, 0) is 102 Å². The summed E-state index contributed by atoms with van der Waals surface area (Å²) in [5, 5.41) is 7.48. The number of allylic oxidation sites excluding steroid dienone is 7. The SMILES string of the molecule is C=C/C=C(/c1c2ccccc2c(-c2cccc3ccccc23)c2ccc(-c3ccc(-c4nc5ccccc5n4-c4ccccc4)cc3)cc12)C1C=CC=CC1C. The molecular formula is C54H40N2. The molecule has 0 saturated carbocycles. The first-order valence-corrected chi connectivity index (χ1v) is 19.5. The van der Waals surface area contributed by atoms with Crippen LogP contribution in [-0.2, 0) is 0 Å². The summed E-state index contributed by atoms with van der Waals surface area (Å²) in [6, 6.07) is 59.3. The summed E-state index contributed by atoms with van der Waals surface area (Å²) in [5.41, 5.74) is 11.6. The Hall–Kier alpha value is -7.03. The van der Waals surface area contributed by atoms with Gasteiger partial charge in [0.1, 0.15) is 5.82 Å². The van der Waals surface area contributed by atoms with Crippen LogP contribution < -0.4 is 0 Å². The number of fused-ring (bicyclic) bond motifs is 4. The largest absolute Gasteiger partial charge is 0.292 e. The van der Waals surface area contributed by atoms with Crippen LogP contribution in [0.2, 0.25) is 0 Å². The average molecular weight is 717 g/mol. The third-order valence-electron chi connectivity index (χ3n) is 11.5. The summed E-state index contributed by atoms with van der Waals surface area (Å²) >= 11 is 0. The second kappa shape index (κ2) is 14.0. The van der Waals surface area contributed by atoms with Crippen LogP contribution in [0.1, 0.15) is 12.5 Å². The van der Waals surface area contributed by atoms with E-state index in [0.29, 0.717) is 5.92 Å². The van der Waals surface area contributed by atoms with Crippen molar-refractivity contribution in [1.82, 2.24) is 9.55 Å². The van der Waals surface area contributed by atoms with Crippen LogP contribution >= 0.6 is 0 Å². The Labute approximate surface area is 327 Å². The molecule has 0 spiro atoms. The summed E-state index contributed by atoms with van der Waals surface area (Å²) in [5.74, 6) is 1.48. The summed E-state index contributed by atoms with van der Waals surface area (Å²) in [6.45, 7) is 6.53. The Kier molecular flexibility index (Phi) is 8.38. The first-order valence-electron chi connectivity index (χ1n) is 19.5. The minimum Gasteiger partial charge on any atom is -0.292 e. The van der Waals surface area contributed by atoms with E-state index in [9.17, 15) is 0 Å². The second-order valence-corrected chi connectivity index (χ2v) is 14.8. The van der Waals surface area contributed by atoms with Gasteiger partial charge in [-0.2, -0.15) is 0 Å². The van der Waals surface area contributed by atoms with Gasteiger partial charge in [-0.3, -0.25) is 4.57 Å². The molecule has 0 saturated heterocycles. The van der Waals surface area contributed by atoms with Crippen LogP contribution in [0.25, 0.3) is 88.3 Å². The Balaban J connectivity index is 1.20. The molecule has 0 N–H and O–H groups in total. The van der Waals surface area contributed by atoms with Crippen LogP contribution in [0.5, 0.6) is 0 Å². The maximum Gasteiger partial charge on any atom is 0.145 e. The normalized spacial score (nSPS) is 15.6. The predicted molar refractivity (Wildman–Crippen MR) is 239 cm³/mol. The highest BCUT2D eigenvalue weighted by molar-refractivity contribution is 6.22. The van der Waals surface area contributed by atoms with Crippen molar-refractivity contribution in [2.75, 3.05) is 0 Å². The van der Waals surface area contributed by atoms with E-state index < -0.39 is 0 Å². The lowest BCUT2D eigenvalue weighted by molar-refractivity contribution is 0.621. The van der Waals surface area contributed by atoms with Gasteiger partial charge in [0.25, 0.3) is 0 Å². The summed E-state index contributed by atoms with van der Waals surface area (Å²) in [6.07, 6.45) is 13.2. The van der Waals surface area contributed by atoms with Crippen molar-refractivity contribution in [3.63, 3.8) is 0 Å². The van der Waals surface area contributed by atoms with E-state index in [1.807, 2.05) is 6.08 Å². The zero-order valence-corrected chi connectivity index (χ0v) is 31.3. The highest BCUT2D eigenvalue weighted by atomic mass is 15.1. The maximum atomic E-state index is 5.13. The van der Waals surface area contributed by atoms with E-state index in [2.05, 4.69) is 212 Å². The lowest BCUT2D eigenvalue weighted by Gasteiger charge is -2.27. The molecule has 1 heterocycles. The van der Waals surface area contributed by atoms with Crippen LogP contribution in [-0.4, -0.2) is 9.55 Å². The first kappa shape index (κ1) is 33.5. The van der Waals surface area contributed by atoms with Crippen molar-refractivity contribution in [3.8, 4) is 39.3 Å². The van der Waals surface area contributed by atoms with Crippen LogP contribution in [0.15, 0.2) is 207 Å². The molecule has 2 atom stereocenters. The minimum atomic E-state index is 0.208. The van der Waals surface area contributed by atoms with Crippen molar-refractivity contribution in [1.29, 1.82) is 0 Å². The third kappa shape index (κ3) is 5.61. The number of hydrogen-bond acceptors (Lipinski definition) is 1. The fourth-order valence-corrected chi connectivity index (χ4v) is 8.87. The van der Waals surface area contributed by atoms with E-state index in [0.717, 1.165) is 33.7 Å². The topological polar surface area (TPSA) is 17.8 Å². The number of imidazole rings is 1. The van der Waals surface area contributed by atoms with Gasteiger partial charge in [-0.15, -0.1) is 0 Å². The highest BCUT2D eigenvalue weighted by Crippen LogP contribution is 2.47. The molecule has 2 nitrogen and oxygen atoms in total. The average Bonchev–Trinajstić information content (AvgIpc) is 3.65. The third-order valence-corrected chi connectivity index (χ3v) is 11.5. The van der Waals surface area contributed by atoms with E-state index in [1.165, 1.54) is 60.1 Å². The smallest absolute Gasteiger partial charge is 0.145 e. The number of rotatable bonds is 7. The molecule has 9 aromatic rings. The van der Waals surface area contributed by atoms with Crippen molar-refractivity contribution in [3.05, 3.63) is 212 Å². The maximum absolute atomic E-state index is 5.13. The fraction of sp³-hybridized carbons (Fsp3) is 0.0556. The Morgan fingerprint density at radius 2 is 1.25 bits per heavy atom. The molecule has 266 valence electrons. The molecule has 1 aliphatic carbocycles. The first-order chi connectivity index (χ1) is 27.7. The molecule has 1 aromatic heterocycles. The molecule has 0 radical (unpaired) electrons. The van der Waals surface area contributed by atoms with Crippen molar-refractivity contribution >= 4 is 48.9 Å². The number of hydrogen-bond donors (Lipinski definition) is 0. The van der Waals surface area contributed by atoms with E-state index in [-0.39, 0.29) is 5.92 Å². The van der Waals surface area contributed by atoms with Gasteiger partial charge >= 0.3 is 0 Å². The zero-order chi connectivity index (χ0) is 37.6. The molecule has 0 bridgehead atoms. The van der Waals surface area contributed by atoms with Crippen LogP contribution in [0, 0.1) is 11.8 Å². The molecule has 8 aromatic carbocycles. The van der Waals surface area contributed by atoms with Crippen LogP contribution in [0.4, 0.5) is 0 Å². The summed E-state index contributed by atoms with van der Waals surface area (Å²) in [7, 11) is 0. The van der Waals surface area contributed by atoms with Crippen molar-refractivity contribution in [2.24, 2.45) is 11.8 Å². The van der Waals surface area contributed by atoms with Crippen molar-refractivity contribution in [2.45, 2.75) is 6.92 Å². The van der Waals surface area contributed by atoms with Crippen molar-refractivity contribution < 1.29 is 0 Å². The Morgan fingerprint density at radius 1 is 0.589 bits per heavy atom. The zero-order valence-electron chi connectivity index (χ0n) is 31.3. The van der Waals surface area contributed by atoms with Crippen LogP contribution in [0.3, 0.4) is 0 Å². The molecule has 0 amide bonds. The number of nitrogens with zero attached hydrogens (tertiary/aromatic N) is 2. The Morgan fingerprint density at radius 3 is 2.07 bits per heavy atom. The monoisotopic (exact) mass is 716 g/mol. The highest BCUT2D eigenvalue weighted by Gasteiger charge is 2.26. The van der Waals surface area contributed by atoms with Gasteiger partial charge in [0, 0.05) is 17.2 Å². The molecule has 2 unspecified atom stereocenters. The lowest BCUT2D eigenvalue weighted by Crippen LogP contribution is -2.12. The Bertz CT molecular complexity index is 3040. The lowest BCUT2D eigenvalue weighted by atomic mass is 9.76. The van der Waals surface area contributed by atoms with E-state index >= 15 is 0 Å². The summed E-state index contributed by atoms with van der Waals surface area (Å²) in [4.78, 5) is 5.13. The second-order valence-electron chi connectivity index (χ2n) is 14.8. The number of para-hydroxylation sites is 3. The van der Waals surface area contributed by atoms with Gasteiger partial charge < -0.3 is 0 Å². The van der Waals surface area contributed by atoms with Gasteiger partial charge in [-0.1, -0.05) is 183 Å². The number of aromatic nitrogens is 2. The fourth-order valence-electron chi connectivity index (χ4n) is 8.87. The van der Waals surface area contributed by atoms with E-state index in [4.69, 9.17) is 4.98 Å². The van der Waals surface area contributed by atoms with Gasteiger partial charge in [0.15, 0.2) is 0 Å². The molecule has 1 aliphatic rings. The molecule has 56 heavy (non-hydrogen) atoms. The van der Waals surface area contributed by atoms with Gasteiger partial charge in [0.05, 0.1) is 11.0 Å². The van der Waals surface area contributed by atoms with E-state index in [1.54, 1.807) is 0 Å². The standard InChI is InChI=1S/C54H40N2/c1-3-16-44(42-22-9-7-17-36(42)2)53-47-25-12-11-24-46(47)52(45-26-15-19-38-18-8-10-23-43(38)45)48-34-33-40(35-49(48)53)37-29-31-39(32-30-37)54-55-50-27-13-14-28-51(50)56(54)41-20-5-4-6-21-41/h3-36,42H,1H2,2H3/b44-16+. The molecular weight excluding hydrogens is 677 g/mol.